The number of carbonyl (C=O) groups excluding carboxylic acids is 1. The Hall–Kier alpha value is -0.620. The first-order valence-electron chi connectivity index (χ1n) is 7.34. The van der Waals surface area contributed by atoms with Gasteiger partial charge in [-0.15, -0.1) is 0 Å². The lowest BCUT2D eigenvalue weighted by molar-refractivity contribution is -0.130. The van der Waals surface area contributed by atoms with Gasteiger partial charge in [0.25, 0.3) is 0 Å². The lowest BCUT2D eigenvalue weighted by Gasteiger charge is -2.25. The highest BCUT2D eigenvalue weighted by atomic mass is 32.2. The number of amides is 1. The van der Waals surface area contributed by atoms with Crippen molar-refractivity contribution in [1.29, 1.82) is 0 Å². The van der Waals surface area contributed by atoms with Gasteiger partial charge in [0.05, 0.1) is 18.0 Å². The van der Waals surface area contributed by atoms with Crippen LogP contribution in [0.4, 0.5) is 0 Å². The normalized spacial score (nSPS) is 24.1. The van der Waals surface area contributed by atoms with Crippen molar-refractivity contribution in [3.63, 3.8) is 0 Å². The summed E-state index contributed by atoms with van der Waals surface area (Å²) < 4.78 is 22.6. The Labute approximate surface area is 123 Å². The van der Waals surface area contributed by atoms with E-state index in [0.29, 0.717) is 11.8 Å². The van der Waals surface area contributed by atoms with Gasteiger partial charge in [0, 0.05) is 12.8 Å². The molecule has 1 saturated heterocycles. The Morgan fingerprint density at radius 3 is 2.15 bits per heavy atom. The smallest absolute Gasteiger partial charge is 0.241 e. The second kappa shape index (κ2) is 6.89. The van der Waals surface area contributed by atoms with Crippen molar-refractivity contribution in [2.24, 2.45) is 11.8 Å². The topological polar surface area (TPSA) is 66.5 Å². The Balaban J connectivity index is 2.76. The Morgan fingerprint density at radius 2 is 1.70 bits per heavy atom. The summed E-state index contributed by atoms with van der Waals surface area (Å²) in [5.41, 5.74) is 0. The summed E-state index contributed by atoms with van der Waals surface area (Å²) in [4.78, 5) is 14.1. The zero-order valence-electron chi connectivity index (χ0n) is 13.2. The molecule has 1 amide bonds. The van der Waals surface area contributed by atoms with Crippen molar-refractivity contribution < 1.29 is 13.2 Å². The fourth-order valence-electron chi connectivity index (χ4n) is 2.56. The second-order valence-electron chi connectivity index (χ2n) is 6.66. The number of hydrogen-bond acceptors (Lipinski definition) is 4. The largest absolute Gasteiger partial charge is 0.325 e. The van der Waals surface area contributed by atoms with Crippen LogP contribution in [0, 0.1) is 11.8 Å². The molecule has 5 nitrogen and oxygen atoms in total. The van der Waals surface area contributed by atoms with Crippen LogP contribution >= 0.6 is 0 Å². The van der Waals surface area contributed by atoms with E-state index in [9.17, 15) is 13.2 Å². The van der Waals surface area contributed by atoms with Crippen molar-refractivity contribution in [2.75, 3.05) is 18.6 Å². The van der Waals surface area contributed by atoms with E-state index in [1.165, 1.54) is 6.26 Å². The van der Waals surface area contributed by atoms with E-state index in [2.05, 4.69) is 33.0 Å². The van der Waals surface area contributed by atoms with Gasteiger partial charge in [0.15, 0.2) is 0 Å². The van der Waals surface area contributed by atoms with Crippen LogP contribution in [-0.4, -0.2) is 50.0 Å². The maximum Gasteiger partial charge on any atom is 0.241 e. The first-order chi connectivity index (χ1) is 9.10. The summed E-state index contributed by atoms with van der Waals surface area (Å²) in [5.74, 6) is 0.974. The van der Waals surface area contributed by atoms with Gasteiger partial charge in [-0.3, -0.25) is 10.1 Å². The molecule has 6 heteroatoms. The fraction of sp³-hybridized carbons (Fsp3) is 0.929. The molecule has 0 aromatic carbocycles. The van der Waals surface area contributed by atoms with Gasteiger partial charge in [-0.05, 0) is 24.7 Å². The van der Waals surface area contributed by atoms with E-state index in [1.54, 1.807) is 4.90 Å². The van der Waals surface area contributed by atoms with Gasteiger partial charge in [0.1, 0.15) is 9.84 Å². The number of hydrogen-bond donors (Lipinski definition) is 1. The molecule has 2 atom stereocenters. The van der Waals surface area contributed by atoms with Crippen LogP contribution in [0.25, 0.3) is 0 Å². The molecule has 0 radical (unpaired) electrons. The van der Waals surface area contributed by atoms with E-state index in [-0.39, 0.29) is 30.4 Å². The summed E-state index contributed by atoms with van der Waals surface area (Å²) in [6.45, 7) is 8.68. The third kappa shape index (κ3) is 5.40. The van der Waals surface area contributed by atoms with Crippen LogP contribution in [0.3, 0.4) is 0 Å². The molecule has 1 rings (SSSR count). The predicted octanol–water partition coefficient (Wildman–Crippen LogP) is 1.25. The van der Waals surface area contributed by atoms with Crippen LogP contribution in [0.1, 0.15) is 40.5 Å². The van der Waals surface area contributed by atoms with Crippen molar-refractivity contribution in [1.82, 2.24) is 10.2 Å². The molecule has 1 heterocycles. The molecule has 1 N–H and O–H groups in total. The first kappa shape index (κ1) is 17.4. The zero-order valence-corrected chi connectivity index (χ0v) is 14.0. The Kier molecular flexibility index (Phi) is 6.01. The Morgan fingerprint density at radius 1 is 1.15 bits per heavy atom. The number of rotatable bonds is 7. The molecule has 1 fully saturated rings. The number of carbonyl (C=O) groups is 1. The molecule has 0 aromatic rings. The number of sulfone groups is 1. The van der Waals surface area contributed by atoms with Gasteiger partial charge in [0.2, 0.25) is 5.91 Å². The standard InChI is InChI=1S/C14H28N2O3S/c1-10(2)8-12-14(17)16(6-7-20(5,18)19)13(15-12)9-11(3)4/h10-13,15H,6-9H2,1-5H3. The highest BCUT2D eigenvalue weighted by molar-refractivity contribution is 7.90. The lowest BCUT2D eigenvalue weighted by Crippen LogP contribution is -2.40. The quantitative estimate of drug-likeness (QED) is 0.769. The average molecular weight is 304 g/mol. The highest BCUT2D eigenvalue weighted by Gasteiger charge is 2.38. The Bertz CT molecular complexity index is 432. The lowest BCUT2D eigenvalue weighted by atomic mass is 10.0. The highest BCUT2D eigenvalue weighted by Crippen LogP contribution is 2.21. The van der Waals surface area contributed by atoms with Crippen molar-refractivity contribution in [3.8, 4) is 0 Å². The van der Waals surface area contributed by atoms with E-state index < -0.39 is 9.84 Å². The van der Waals surface area contributed by atoms with Crippen LogP contribution in [0.5, 0.6) is 0 Å². The van der Waals surface area contributed by atoms with Crippen molar-refractivity contribution in [3.05, 3.63) is 0 Å². The predicted molar refractivity (Wildman–Crippen MR) is 81.0 cm³/mol. The van der Waals surface area contributed by atoms with E-state index in [1.807, 2.05) is 0 Å². The summed E-state index contributed by atoms with van der Waals surface area (Å²) in [5, 5.41) is 3.37. The van der Waals surface area contributed by atoms with Gasteiger partial charge in [-0.1, -0.05) is 27.7 Å². The van der Waals surface area contributed by atoms with Crippen LogP contribution in [0.15, 0.2) is 0 Å². The summed E-state index contributed by atoms with van der Waals surface area (Å²) >= 11 is 0. The fourth-order valence-corrected chi connectivity index (χ4v) is 3.09. The maximum absolute atomic E-state index is 12.4. The number of nitrogens with zero attached hydrogens (tertiary/aromatic N) is 1. The molecule has 2 unspecified atom stereocenters. The molecule has 0 bridgehead atoms. The van der Waals surface area contributed by atoms with E-state index in [0.717, 1.165) is 12.8 Å². The molecular formula is C14H28N2O3S. The summed E-state index contributed by atoms with van der Waals surface area (Å²) in [6, 6.07) is -0.168. The van der Waals surface area contributed by atoms with Gasteiger partial charge in [-0.25, -0.2) is 8.42 Å². The van der Waals surface area contributed by atoms with E-state index in [4.69, 9.17) is 0 Å². The second-order valence-corrected chi connectivity index (χ2v) is 8.92. The maximum atomic E-state index is 12.4. The monoisotopic (exact) mass is 304 g/mol. The molecule has 0 aromatic heterocycles. The molecule has 20 heavy (non-hydrogen) atoms. The van der Waals surface area contributed by atoms with E-state index >= 15 is 0 Å². The summed E-state index contributed by atoms with van der Waals surface area (Å²) in [6.07, 6.45) is 2.82. The van der Waals surface area contributed by atoms with Crippen LogP contribution in [0.2, 0.25) is 0 Å². The minimum atomic E-state index is -3.05. The minimum absolute atomic E-state index is 0.0312. The van der Waals surface area contributed by atoms with Gasteiger partial charge in [-0.2, -0.15) is 0 Å². The average Bonchev–Trinajstić information content (AvgIpc) is 2.50. The van der Waals surface area contributed by atoms with Crippen LogP contribution < -0.4 is 5.32 Å². The minimum Gasteiger partial charge on any atom is -0.325 e. The van der Waals surface area contributed by atoms with Gasteiger partial charge >= 0.3 is 0 Å². The molecule has 0 spiro atoms. The van der Waals surface area contributed by atoms with Crippen LogP contribution in [-0.2, 0) is 14.6 Å². The summed E-state index contributed by atoms with van der Waals surface area (Å²) in [7, 11) is -3.05. The SMILES string of the molecule is CC(C)CC1NC(CC(C)C)N(CCS(C)(=O)=O)C1=O. The molecule has 0 saturated carbocycles. The molecular weight excluding hydrogens is 276 g/mol. The molecule has 0 aliphatic carbocycles. The van der Waals surface area contributed by atoms with Gasteiger partial charge < -0.3 is 4.90 Å². The molecule has 1 aliphatic rings. The first-order valence-corrected chi connectivity index (χ1v) is 9.40. The number of nitrogens with one attached hydrogen (secondary N) is 1. The molecule has 1 aliphatic heterocycles. The third-order valence-electron chi connectivity index (χ3n) is 3.46. The molecule has 118 valence electrons. The third-order valence-corrected chi connectivity index (χ3v) is 4.38. The zero-order chi connectivity index (χ0) is 15.5. The van der Waals surface area contributed by atoms with Crippen molar-refractivity contribution in [2.45, 2.75) is 52.7 Å². The van der Waals surface area contributed by atoms with Crippen molar-refractivity contribution >= 4 is 15.7 Å².